The first-order valence-electron chi connectivity index (χ1n) is 10.7. The molecule has 7 nitrogen and oxygen atoms in total. The number of rotatable bonds is 7. The van der Waals surface area contributed by atoms with Crippen LogP contribution in [0.15, 0.2) is 54.0 Å². The van der Waals surface area contributed by atoms with Crippen molar-refractivity contribution < 1.29 is 23.6 Å². The number of nitriles is 1. The molecule has 33 heavy (non-hydrogen) atoms. The van der Waals surface area contributed by atoms with Gasteiger partial charge in [-0.3, -0.25) is 0 Å². The highest BCUT2D eigenvalue weighted by Crippen LogP contribution is 2.39. The van der Waals surface area contributed by atoms with Gasteiger partial charge in [0.15, 0.2) is 0 Å². The Morgan fingerprint density at radius 1 is 1.12 bits per heavy atom. The Morgan fingerprint density at radius 2 is 1.79 bits per heavy atom. The van der Waals surface area contributed by atoms with Crippen LogP contribution in [0.1, 0.15) is 44.4 Å². The minimum atomic E-state index is -0.706. The highest BCUT2D eigenvalue weighted by Gasteiger charge is 2.52. The molecule has 1 N–H and O–H groups in total. The van der Waals surface area contributed by atoms with Gasteiger partial charge in [-0.25, -0.2) is 4.79 Å². The summed E-state index contributed by atoms with van der Waals surface area (Å²) in [5, 5.41) is 12.3. The third-order valence-electron chi connectivity index (χ3n) is 5.93. The Kier molecular flexibility index (Phi) is 7.47. The Labute approximate surface area is 195 Å². The molecule has 172 valence electrons. The van der Waals surface area contributed by atoms with Crippen molar-refractivity contribution in [3.8, 4) is 11.8 Å². The summed E-state index contributed by atoms with van der Waals surface area (Å²) in [5.41, 5.74) is 1.53. The molecule has 0 atom stereocenters. The van der Waals surface area contributed by atoms with E-state index < -0.39 is 24.4 Å². The van der Waals surface area contributed by atoms with Crippen molar-refractivity contribution in [3.05, 3.63) is 70.7 Å². The standard InChI is InChI=1S/C25H29BN2O5/c1-24(2)25(3,4)33-26(32-24)21(13-20-14-22(30-5)12-11-19(20)15-27)16-28-23(29)31-17-18-9-7-6-8-10-18/h6-14H,16-17H2,1-5H3,(H,28,29). The lowest BCUT2D eigenvalue weighted by Crippen LogP contribution is -2.41. The van der Waals surface area contributed by atoms with Gasteiger partial charge in [0.05, 0.1) is 29.9 Å². The van der Waals surface area contributed by atoms with Crippen LogP contribution in [-0.4, -0.2) is 38.1 Å². The number of ether oxygens (including phenoxy) is 2. The van der Waals surface area contributed by atoms with Gasteiger partial charge >= 0.3 is 13.2 Å². The summed E-state index contributed by atoms with van der Waals surface area (Å²) in [6.07, 6.45) is 1.23. The third-order valence-corrected chi connectivity index (χ3v) is 5.93. The first-order chi connectivity index (χ1) is 15.6. The first-order valence-corrected chi connectivity index (χ1v) is 10.7. The molecule has 1 fully saturated rings. The molecular weight excluding hydrogens is 419 g/mol. The van der Waals surface area contributed by atoms with Crippen molar-refractivity contribution in [1.82, 2.24) is 5.32 Å². The van der Waals surface area contributed by atoms with Crippen LogP contribution < -0.4 is 10.1 Å². The minimum absolute atomic E-state index is 0.118. The molecule has 2 aromatic rings. The molecule has 0 saturated carbocycles. The number of carbonyl (C=O) groups excluding carboxylic acids is 1. The van der Waals surface area contributed by atoms with E-state index in [9.17, 15) is 10.1 Å². The van der Waals surface area contributed by atoms with Gasteiger partial charge in [0, 0.05) is 6.54 Å². The molecule has 0 bridgehead atoms. The minimum Gasteiger partial charge on any atom is -0.497 e. The zero-order chi connectivity index (χ0) is 24.1. The molecule has 1 heterocycles. The number of nitrogens with one attached hydrogen (secondary N) is 1. The Bertz CT molecular complexity index is 1040. The van der Waals surface area contributed by atoms with E-state index in [-0.39, 0.29) is 13.2 Å². The summed E-state index contributed by atoms with van der Waals surface area (Å²) >= 11 is 0. The molecule has 0 aliphatic carbocycles. The lowest BCUT2D eigenvalue weighted by Gasteiger charge is -2.32. The van der Waals surface area contributed by atoms with E-state index in [1.807, 2.05) is 58.0 Å². The van der Waals surface area contributed by atoms with Crippen LogP contribution in [-0.2, 0) is 20.7 Å². The number of nitrogens with zero attached hydrogens (tertiary/aromatic N) is 1. The van der Waals surface area contributed by atoms with E-state index in [1.54, 1.807) is 31.4 Å². The van der Waals surface area contributed by atoms with Gasteiger partial charge in [-0.05, 0) is 62.5 Å². The summed E-state index contributed by atoms with van der Waals surface area (Å²) in [6.45, 7) is 8.11. The summed E-state index contributed by atoms with van der Waals surface area (Å²) in [6, 6.07) is 16.8. The Morgan fingerprint density at radius 3 is 2.39 bits per heavy atom. The SMILES string of the molecule is COc1ccc(C#N)c(C=C(CNC(=O)OCc2ccccc2)B2OC(C)(C)C(C)(C)O2)c1. The maximum Gasteiger partial charge on any atom is 0.492 e. The molecule has 0 unspecified atom stereocenters. The second kappa shape index (κ2) is 10.1. The summed E-state index contributed by atoms with van der Waals surface area (Å²) in [4.78, 5) is 12.4. The van der Waals surface area contributed by atoms with Crippen LogP contribution in [0, 0.1) is 11.3 Å². The van der Waals surface area contributed by atoms with Crippen molar-refractivity contribution in [1.29, 1.82) is 5.26 Å². The van der Waals surface area contributed by atoms with Crippen molar-refractivity contribution in [2.45, 2.75) is 45.5 Å². The lowest BCUT2D eigenvalue weighted by atomic mass is 9.76. The zero-order valence-corrected chi connectivity index (χ0v) is 19.7. The van der Waals surface area contributed by atoms with Gasteiger partial charge in [-0.1, -0.05) is 36.4 Å². The highest BCUT2D eigenvalue weighted by molar-refractivity contribution is 6.56. The van der Waals surface area contributed by atoms with E-state index in [4.69, 9.17) is 18.8 Å². The average Bonchev–Trinajstić information content (AvgIpc) is 3.02. The van der Waals surface area contributed by atoms with Crippen LogP contribution in [0.5, 0.6) is 5.75 Å². The van der Waals surface area contributed by atoms with E-state index in [0.29, 0.717) is 22.3 Å². The summed E-state index contributed by atoms with van der Waals surface area (Å²) < 4.78 is 23.0. The van der Waals surface area contributed by atoms with Crippen molar-refractivity contribution in [3.63, 3.8) is 0 Å². The first kappa shape index (κ1) is 24.4. The fourth-order valence-corrected chi connectivity index (χ4v) is 3.23. The van der Waals surface area contributed by atoms with Gasteiger partial charge in [-0.2, -0.15) is 5.26 Å². The monoisotopic (exact) mass is 448 g/mol. The Hall–Kier alpha value is -3.28. The molecule has 3 rings (SSSR count). The molecule has 1 aliphatic rings. The van der Waals surface area contributed by atoms with Gasteiger partial charge in [0.1, 0.15) is 12.4 Å². The molecule has 8 heteroatoms. The van der Waals surface area contributed by atoms with E-state index >= 15 is 0 Å². The maximum atomic E-state index is 12.4. The molecule has 2 aromatic carbocycles. The predicted octanol–water partition coefficient (Wildman–Crippen LogP) is 4.51. The highest BCUT2D eigenvalue weighted by atomic mass is 16.7. The molecule has 1 aliphatic heterocycles. The molecule has 0 spiro atoms. The van der Waals surface area contributed by atoms with Gasteiger partial charge in [-0.15, -0.1) is 0 Å². The number of benzene rings is 2. The molecular formula is C25H29BN2O5. The quantitative estimate of drug-likeness (QED) is 0.627. The number of hydrogen-bond acceptors (Lipinski definition) is 6. The summed E-state index contributed by atoms with van der Waals surface area (Å²) in [7, 11) is 0.857. The Balaban J connectivity index is 1.82. The van der Waals surface area contributed by atoms with Gasteiger partial charge < -0.3 is 24.1 Å². The predicted molar refractivity (Wildman–Crippen MR) is 126 cm³/mol. The largest absolute Gasteiger partial charge is 0.497 e. The molecule has 1 amide bonds. The van der Waals surface area contributed by atoms with Crippen molar-refractivity contribution >= 4 is 19.3 Å². The third kappa shape index (κ3) is 5.95. The second-order valence-corrected chi connectivity index (χ2v) is 8.79. The normalized spacial score (nSPS) is 16.7. The van der Waals surface area contributed by atoms with Crippen LogP contribution in [0.2, 0.25) is 0 Å². The maximum absolute atomic E-state index is 12.4. The topological polar surface area (TPSA) is 89.8 Å². The number of carbonyl (C=O) groups is 1. The number of methoxy groups -OCH3 is 1. The van der Waals surface area contributed by atoms with Crippen LogP contribution >= 0.6 is 0 Å². The number of amides is 1. The number of hydrogen-bond donors (Lipinski definition) is 1. The summed E-state index contributed by atoms with van der Waals surface area (Å²) in [5.74, 6) is 0.615. The fraction of sp³-hybridized carbons (Fsp3) is 0.360. The van der Waals surface area contributed by atoms with Crippen LogP contribution in [0.4, 0.5) is 4.79 Å². The van der Waals surface area contributed by atoms with Gasteiger partial charge in [0.2, 0.25) is 0 Å². The van der Waals surface area contributed by atoms with Gasteiger partial charge in [0.25, 0.3) is 0 Å². The van der Waals surface area contributed by atoms with Crippen molar-refractivity contribution in [2.24, 2.45) is 0 Å². The van der Waals surface area contributed by atoms with Crippen molar-refractivity contribution in [2.75, 3.05) is 13.7 Å². The van der Waals surface area contributed by atoms with E-state index in [0.717, 1.165) is 5.56 Å². The molecule has 0 aromatic heterocycles. The van der Waals surface area contributed by atoms with E-state index in [1.165, 1.54) is 0 Å². The average molecular weight is 448 g/mol. The molecule has 0 radical (unpaired) electrons. The lowest BCUT2D eigenvalue weighted by molar-refractivity contribution is 0.00578. The van der Waals surface area contributed by atoms with Crippen LogP contribution in [0.25, 0.3) is 6.08 Å². The second-order valence-electron chi connectivity index (χ2n) is 8.79. The molecule has 1 saturated heterocycles. The van der Waals surface area contributed by atoms with E-state index in [2.05, 4.69) is 11.4 Å². The zero-order valence-electron chi connectivity index (χ0n) is 19.7. The van der Waals surface area contributed by atoms with Crippen LogP contribution in [0.3, 0.4) is 0 Å². The number of alkyl carbamates (subject to hydrolysis) is 1. The fourth-order valence-electron chi connectivity index (χ4n) is 3.23. The smallest absolute Gasteiger partial charge is 0.492 e.